The van der Waals surface area contributed by atoms with E-state index in [4.69, 9.17) is 4.74 Å². The molecular formula is C24H39N3O6. The molecule has 0 aliphatic carbocycles. The van der Waals surface area contributed by atoms with Gasteiger partial charge in [0.1, 0.15) is 11.6 Å². The van der Waals surface area contributed by atoms with Crippen LogP contribution in [0.15, 0.2) is 30.3 Å². The molecule has 0 spiro atoms. The number of amides is 2. The van der Waals surface area contributed by atoms with Crippen molar-refractivity contribution in [2.24, 2.45) is 5.92 Å². The van der Waals surface area contributed by atoms with Crippen LogP contribution in [0.3, 0.4) is 0 Å². The molecule has 2 amide bonds. The molecule has 0 aromatic heterocycles. The van der Waals surface area contributed by atoms with Crippen LogP contribution in [0.25, 0.3) is 0 Å². The Hall–Kier alpha value is -2.65. The average molecular weight is 466 g/mol. The van der Waals surface area contributed by atoms with E-state index in [2.05, 4.69) is 16.0 Å². The summed E-state index contributed by atoms with van der Waals surface area (Å²) < 4.78 is 5.20. The van der Waals surface area contributed by atoms with Crippen LogP contribution in [-0.4, -0.2) is 64.6 Å². The Morgan fingerprint density at radius 3 is 2.12 bits per heavy atom. The molecule has 4 atom stereocenters. The molecule has 5 N–H and O–H groups in total. The van der Waals surface area contributed by atoms with Crippen molar-refractivity contribution in [1.29, 1.82) is 0 Å². The van der Waals surface area contributed by atoms with Crippen LogP contribution in [0.2, 0.25) is 0 Å². The second kappa shape index (κ2) is 13.2. The fourth-order valence-corrected chi connectivity index (χ4v) is 3.10. The lowest BCUT2D eigenvalue weighted by atomic mass is 10.0. The number of rotatable bonds is 12. The highest BCUT2D eigenvalue weighted by Gasteiger charge is 2.28. The van der Waals surface area contributed by atoms with Gasteiger partial charge in [0.05, 0.1) is 18.2 Å². The number of aliphatic hydroxyl groups excluding tert-OH is 1. The number of alkyl carbamates (subject to hydrolysis) is 1. The molecule has 0 aliphatic rings. The van der Waals surface area contributed by atoms with E-state index in [1.807, 2.05) is 44.2 Å². The van der Waals surface area contributed by atoms with Crippen LogP contribution in [0.1, 0.15) is 53.5 Å². The minimum absolute atomic E-state index is 0.00377. The first kappa shape index (κ1) is 28.4. The third kappa shape index (κ3) is 11.7. The first-order chi connectivity index (χ1) is 15.3. The van der Waals surface area contributed by atoms with Gasteiger partial charge in [-0.1, -0.05) is 44.2 Å². The van der Waals surface area contributed by atoms with Crippen molar-refractivity contribution in [3.05, 3.63) is 35.9 Å². The summed E-state index contributed by atoms with van der Waals surface area (Å²) in [7, 11) is 0. The Labute approximate surface area is 196 Å². The smallest absolute Gasteiger partial charge is 0.407 e. The van der Waals surface area contributed by atoms with E-state index in [-0.39, 0.29) is 12.5 Å². The summed E-state index contributed by atoms with van der Waals surface area (Å²) in [4.78, 5) is 36.5. The summed E-state index contributed by atoms with van der Waals surface area (Å²) in [5.74, 6) is -1.47. The lowest BCUT2D eigenvalue weighted by molar-refractivity contribution is -0.142. The van der Waals surface area contributed by atoms with E-state index in [0.717, 1.165) is 5.56 Å². The summed E-state index contributed by atoms with van der Waals surface area (Å²) in [6.45, 7) is 10.6. The molecule has 0 saturated heterocycles. The van der Waals surface area contributed by atoms with Gasteiger partial charge in [-0.25, -0.2) is 9.59 Å². The van der Waals surface area contributed by atoms with Crippen molar-refractivity contribution < 1.29 is 29.3 Å². The Kier molecular flexibility index (Phi) is 11.3. The van der Waals surface area contributed by atoms with Crippen molar-refractivity contribution in [2.75, 3.05) is 6.54 Å². The minimum atomic E-state index is -1.09. The van der Waals surface area contributed by atoms with Crippen molar-refractivity contribution >= 4 is 18.0 Å². The highest BCUT2D eigenvalue weighted by atomic mass is 16.6. The van der Waals surface area contributed by atoms with Crippen LogP contribution in [-0.2, 0) is 20.7 Å². The highest BCUT2D eigenvalue weighted by Crippen LogP contribution is 2.09. The molecule has 0 heterocycles. The number of aliphatic hydroxyl groups is 1. The number of carboxylic acid groups (broad SMARTS) is 1. The highest BCUT2D eigenvalue weighted by molar-refractivity contribution is 5.87. The molecule has 1 aromatic rings. The number of ether oxygens (including phenoxy) is 1. The van der Waals surface area contributed by atoms with E-state index in [1.54, 1.807) is 27.7 Å². The summed E-state index contributed by atoms with van der Waals surface area (Å²) in [5, 5.41) is 28.2. The Morgan fingerprint density at radius 2 is 1.61 bits per heavy atom. The van der Waals surface area contributed by atoms with E-state index in [0.29, 0.717) is 12.8 Å². The molecule has 33 heavy (non-hydrogen) atoms. The summed E-state index contributed by atoms with van der Waals surface area (Å²) in [5.41, 5.74) is 0.220. The molecule has 0 saturated carbocycles. The van der Waals surface area contributed by atoms with Gasteiger partial charge in [0, 0.05) is 6.54 Å². The SMILES string of the molecule is CC(C)C[C@H](NC(=O)[C@H](Cc1ccccc1)NCC(O)[C@H](C)NC(=O)OC(C)(C)C)C(=O)O. The fraction of sp³-hybridized carbons (Fsp3) is 0.625. The normalized spacial score (nSPS) is 15.3. The van der Waals surface area contributed by atoms with E-state index < -0.39 is 47.8 Å². The van der Waals surface area contributed by atoms with Crippen molar-refractivity contribution in [1.82, 2.24) is 16.0 Å². The minimum Gasteiger partial charge on any atom is -0.480 e. The molecule has 0 aliphatic heterocycles. The third-order valence-corrected chi connectivity index (χ3v) is 4.82. The van der Waals surface area contributed by atoms with Gasteiger partial charge in [-0.3, -0.25) is 4.79 Å². The van der Waals surface area contributed by atoms with Gasteiger partial charge in [0.25, 0.3) is 0 Å². The van der Waals surface area contributed by atoms with Gasteiger partial charge in [0.15, 0.2) is 0 Å². The summed E-state index contributed by atoms with van der Waals surface area (Å²) in [6, 6.07) is 6.89. The molecule has 186 valence electrons. The number of aliphatic carboxylic acids is 1. The fourth-order valence-electron chi connectivity index (χ4n) is 3.10. The Morgan fingerprint density at radius 1 is 1.00 bits per heavy atom. The first-order valence-electron chi connectivity index (χ1n) is 11.3. The Bertz CT molecular complexity index is 763. The van der Waals surface area contributed by atoms with Crippen molar-refractivity contribution in [3.8, 4) is 0 Å². The maximum absolute atomic E-state index is 13.0. The van der Waals surface area contributed by atoms with Crippen LogP contribution in [0.4, 0.5) is 4.79 Å². The first-order valence-corrected chi connectivity index (χ1v) is 11.3. The zero-order chi connectivity index (χ0) is 25.2. The summed E-state index contributed by atoms with van der Waals surface area (Å²) in [6.07, 6.45) is -1.04. The van der Waals surface area contributed by atoms with Gasteiger partial charge < -0.3 is 30.9 Å². The molecule has 1 aromatic carbocycles. The van der Waals surface area contributed by atoms with Crippen LogP contribution in [0, 0.1) is 5.92 Å². The number of carboxylic acids is 1. The Balaban J connectivity index is 2.82. The molecule has 0 radical (unpaired) electrons. The van der Waals surface area contributed by atoms with Crippen LogP contribution >= 0.6 is 0 Å². The molecule has 1 rings (SSSR count). The zero-order valence-corrected chi connectivity index (χ0v) is 20.4. The van der Waals surface area contributed by atoms with Crippen molar-refractivity contribution in [2.45, 2.75) is 84.2 Å². The maximum atomic E-state index is 13.0. The molecular weight excluding hydrogens is 426 g/mol. The van der Waals surface area contributed by atoms with Gasteiger partial charge in [-0.15, -0.1) is 0 Å². The molecule has 0 bridgehead atoms. The summed E-state index contributed by atoms with van der Waals surface area (Å²) >= 11 is 0. The van der Waals surface area contributed by atoms with Gasteiger partial charge in [-0.2, -0.15) is 0 Å². The average Bonchev–Trinajstić information content (AvgIpc) is 2.68. The second-order valence-electron chi connectivity index (χ2n) is 9.68. The second-order valence-corrected chi connectivity index (χ2v) is 9.68. The lowest BCUT2D eigenvalue weighted by Gasteiger charge is -2.26. The van der Waals surface area contributed by atoms with Crippen LogP contribution in [0.5, 0.6) is 0 Å². The van der Waals surface area contributed by atoms with E-state index in [1.165, 1.54) is 0 Å². The number of benzene rings is 1. The van der Waals surface area contributed by atoms with E-state index in [9.17, 15) is 24.6 Å². The van der Waals surface area contributed by atoms with Gasteiger partial charge in [0.2, 0.25) is 5.91 Å². The third-order valence-electron chi connectivity index (χ3n) is 4.82. The quantitative estimate of drug-likeness (QED) is 0.319. The number of carbonyl (C=O) groups is 3. The number of hydrogen-bond acceptors (Lipinski definition) is 6. The molecule has 0 fully saturated rings. The van der Waals surface area contributed by atoms with Gasteiger partial charge >= 0.3 is 12.1 Å². The number of carbonyl (C=O) groups excluding carboxylic acids is 2. The largest absolute Gasteiger partial charge is 0.480 e. The lowest BCUT2D eigenvalue weighted by Crippen LogP contribution is -2.54. The molecule has 9 nitrogen and oxygen atoms in total. The standard InChI is InChI=1S/C24H39N3O6/c1-15(2)12-19(22(30)31)27-21(29)18(13-17-10-8-7-9-11-17)25-14-20(28)16(3)26-23(32)33-24(4,5)6/h7-11,15-16,18-20,25,28H,12-14H2,1-6H3,(H,26,32)(H,27,29)(H,30,31)/t16-,18-,19-,20?/m0/s1. The van der Waals surface area contributed by atoms with E-state index >= 15 is 0 Å². The van der Waals surface area contributed by atoms with Crippen molar-refractivity contribution in [3.63, 3.8) is 0 Å². The molecule has 9 heteroatoms. The topological polar surface area (TPSA) is 137 Å². The monoisotopic (exact) mass is 465 g/mol. The molecule has 1 unspecified atom stereocenters. The number of hydrogen-bond donors (Lipinski definition) is 5. The van der Waals surface area contributed by atoms with Gasteiger partial charge in [-0.05, 0) is 52.0 Å². The van der Waals surface area contributed by atoms with Crippen LogP contribution < -0.4 is 16.0 Å². The predicted octanol–water partition coefficient (Wildman–Crippen LogP) is 2.08. The number of nitrogens with one attached hydrogen (secondary N) is 3. The maximum Gasteiger partial charge on any atom is 0.407 e. The zero-order valence-electron chi connectivity index (χ0n) is 20.4. The predicted molar refractivity (Wildman–Crippen MR) is 126 cm³/mol.